The van der Waals surface area contributed by atoms with Gasteiger partial charge in [-0.05, 0) is 17.7 Å². The number of aryl methyl sites for hydroxylation is 1. The number of carboxylic acid groups (broad SMARTS) is 1. The second kappa shape index (κ2) is 4.39. The fourth-order valence-corrected chi connectivity index (χ4v) is 1.66. The minimum Gasteiger partial charge on any atom is -0.478 e. The zero-order chi connectivity index (χ0) is 12.4. The molecule has 0 radical (unpaired) electrons. The molecule has 1 aromatic heterocycles. The van der Waals surface area contributed by atoms with E-state index in [1.54, 1.807) is 6.33 Å². The van der Waals surface area contributed by atoms with Gasteiger partial charge in [-0.25, -0.2) is 9.78 Å². The minimum atomic E-state index is -1.00. The molecule has 0 saturated heterocycles. The number of benzene rings is 1. The number of carbonyl (C=O) groups is 1. The van der Waals surface area contributed by atoms with Gasteiger partial charge >= 0.3 is 5.97 Å². The first-order valence-corrected chi connectivity index (χ1v) is 5.15. The largest absolute Gasteiger partial charge is 0.478 e. The molecule has 1 unspecified atom stereocenters. The van der Waals surface area contributed by atoms with Crippen LogP contribution in [0.15, 0.2) is 36.7 Å². The first-order valence-electron chi connectivity index (χ1n) is 5.15. The predicted molar refractivity (Wildman–Crippen MR) is 64.4 cm³/mol. The van der Waals surface area contributed by atoms with Crippen LogP contribution in [0, 0.1) is 0 Å². The van der Waals surface area contributed by atoms with Crippen molar-refractivity contribution >= 4 is 17.0 Å². The summed E-state index contributed by atoms with van der Waals surface area (Å²) in [6.07, 6.45) is 4.23. The number of fused-ring (bicyclic) bond motifs is 1. The van der Waals surface area contributed by atoms with Crippen LogP contribution < -0.4 is 5.73 Å². The second-order valence-electron chi connectivity index (χ2n) is 3.83. The van der Waals surface area contributed by atoms with Gasteiger partial charge in [0.05, 0.1) is 17.4 Å². The van der Waals surface area contributed by atoms with Crippen molar-refractivity contribution < 1.29 is 9.90 Å². The molecular weight excluding hydrogens is 218 g/mol. The Hall–Kier alpha value is -2.14. The van der Waals surface area contributed by atoms with E-state index < -0.39 is 12.0 Å². The molecule has 0 fully saturated rings. The number of rotatable bonds is 3. The molecule has 0 aliphatic rings. The summed E-state index contributed by atoms with van der Waals surface area (Å²) < 4.78 is 1.91. The lowest BCUT2D eigenvalue weighted by Gasteiger charge is -2.06. The predicted octanol–water partition coefficient (Wildman–Crippen LogP) is 1.21. The van der Waals surface area contributed by atoms with Gasteiger partial charge in [-0.2, -0.15) is 0 Å². The molecule has 2 rings (SSSR count). The SMILES string of the molecule is Cn1cnc2cc(C(N)/C=C/C(=O)O)ccc21. The van der Waals surface area contributed by atoms with Gasteiger partial charge in [0.1, 0.15) is 0 Å². The van der Waals surface area contributed by atoms with Gasteiger partial charge in [0.25, 0.3) is 0 Å². The van der Waals surface area contributed by atoms with Crippen molar-refractivity contribution in [3.63, 3.8) is 0 Å². The second-order valence-corrected chi connectivity index (χ2v) is 3.83. The number of nitrogens with zero attached hydrogens (tertiary/aromatic N) is 2. The van der Waals surface area contributed by atoms with E-state index in [1.165, 1.54) is 6.08 Å². The van der Waals surface area contributed by atoms with Crippen molar-refractivity contribution in [3.05, 3.63) is 42.2 Å². The molecule has 1 aromatic carbocycles. The Bertz CT molecular complexity index is 586. The third-order valence-electron chi connectivity index (χ3n) is 2.58. The molecule has 3 N–H and O–H groups in total. The van der Waals surface area contributed by atoms with Gasteiger partial charge in [-0.1, -0.05) is 12.1 Å². The highest BCUT2D eigenvalue weighted by atomic mass is 16.4. The van der Waals surface area contributed by atoms with Crippen LogP contribution in [0.1, 0.15) is 11.6 Å². The van der Waals surface area contributed by atoms with Gasteiger partial charge in [0, 0.05) is 19.2 Å². The van der Waals surface area contributed by atoms with E-state index in [0.717, 1.165) is 22.7 Å². The Morgan fingerprint density at radius 2 is 2.35 bits per heavy atom. The maximum Gasteiger partial charge on any atom is 0.328 e. The van der Waals surface area contributed by atoms with Gasteiger partial charge in [0.2, 0.25) is 0 Å². The van der Waals surface area contributed by atoms with Crippen LogP contribution in [0.5, 0.6) is 0 Å². The molecule has 0 spiro atoms. The molecule has 5 nitrogen and oxygen atoms in total. The summed E-state index contributed by atoms with van der Waals surface area (Å²) >= 11 is 0. The fourth-order valence-electron chi connectivity index (χ4n) is 1.66. The molecule has 2 aromatic rings. The van der Waals surface area contributed by atoms with E-state index in [9.17, 15) is 4.79 Å². The molecule has 0 aliphatic heterocycles. The fraction of sp³-hybridized carbons (Fsp3) is 0.167. The van der Waals surface area contributed by atoms with Crippen molar-refractivity contribution in [2.24, 2.45) is 12.8 Å². The van der Waals surface area contributed by atoms with Crippen molar-refractivity contribution in [2.45, 2.75) is 6.04 Å². The number of nitrogens with two attached hydrogens (primary N) is 1. The summed E-state index contributed by atoms with van der Waals surface area (Å²) in [6.45, 7) is 0. The Labute approximate surface area is 98.2 Å². The highest BCUT2D eigenvalue weighted by molar-refractivity contribution is 5.80. The number of imidazole rings is 1. The van der Waals surface area contributed by atoms with E-state index in [2.05, 4.69) is 4.98 Å². The molecule has 0 amide bonds. The number of hydrogen-bond donors (Lipinski definition) is 2. The minimum absolute atomic E-state index is 0.433. The average molecular weight is 231 g/mol. The summed E-state index contributed by atoms with van der Waals surface area (Å²) in [5, 5.41) is 8.53. The van der Waals surface area contributed by atoms with Crippen LogP contribution in [-0.4, -0.2) is 20.6 Å². The molecule has 0 saturated carbocycles. The lowest BCUT2D eigenvalue weighted by Crippen LogP contribution is -2.07. The highest BCUT2D eigenvalue weighted by Gasteiger charge is 2.06. The van der Waals surface area contributed by atoms with Crippen molar-refractivity contribution in [2.75, 3.05) is 0 Å². The topological polar surface area (TPSA) is 81.1 Å². The average Bonchev–Trinajstić information content (AvgIpc) is 2.67. The van der Waals surface area contributed by atoms with Crippen molar-refractivity contribution in [1.29, 1.82) is 0 Å². The Morgan fingerprint density at radius 1 is 1.59 bits per heavy atom. The van der Waals surface area contributed by atoms with Crippen molar-refractivity contribution in [3.8, 4) is 0 Å². The summed E-state index contributed by atoms with van der Waals surface area (Å²) in [5.74, 6) is -1.00. The summed E-state index contributed by atoms with van der Waals surface area (Å²) in [4.78, 5) is 14.6. The number of hydrogen-bond acceptors (Lipinski definition) is 3. The molecular formula is C12H13N3O2. The van der Waals surface area contributed by atoms with E-state index in [-0.39, 0.29) is 0 Å². The maximum atomic E-state index is 10.4. The van der Waals surface area contributed by atoms with E-state index in [0.29, 0.717) is 0 Å². The Balaban J connectivity index is 2.33. The Morgan fingerprint density at radius 3 is 3.06 bits per heavy atom. The molecule has 1 atom stereocenters. The molecule has 0 aliphatic carbocycles. The zero-order valence-electron chi connectivity index (χ0n) is 9.37. The third kappa shape index (κ3) is 2.34. The van der Waals surface area contributed by atoms with E-state index >= 15 is 0 Å². The number of aliphatic carboxylic acids is 1. The normalized spacial score (nSPS) is 13.3. The first kappa shape index (κ1) is 11.3. The lowest BCUT2D eigenvalue weighted by atomic mass is 10.1. The number of aromatic nitrogens is 2. The van der Waals surface area contributed by atoms with Crippen LogP contribution in [0.4, 0.5) is 0 Å². The maximum absolute atomic E-state index is 10.4. The Kier molecular flexibility index (Phi) is 2.93. The lowest BCUT2D eigenvalue weighted by molar-refractivity contribution is -0.131. The molecule has 0 bridgehead atoms. The molecule has 17 heavy (non-hydrogen) atoms. The van der Waals surface area contributed by atoms with Crippen LogP contribution in [-0.2, 0) is 11.8 Å². The van der Waals surface area contributed by atoms with E-state index in [1.807, 2.05) is 29.8 Å². The molecule has 88 valence electrons. The monoisotopic (exact) mass is 231 g/mol. The first-order chi connectivity index (χ1) is 8.08. The number of carboxylic acids is 1. The van der Waals surface area contributed by atoms with E-state index in [4.69, 9.17) is 10.8 Å². The van der Waals surface area contributed by atoms with Crippen molar-refractivity contribution in [1.82, 2.24) is 9.55 Å². The van der Waals surface area contributed by atoms with Gasteiger partial charge < -0.3 is 15.4 Å². The van der Waals surface area contributed by atoms with Crippen LogP contribution in [0.3, 0.4) is 0 Å². The van der Waals surface area contributed by atoms with Gasteiger partial charge in [-0.15, -0.1) is 0 Å². The van der Waals surface area contributed by atoms with Crippen LogP contribution in [0.2, 0.25) is 0 Å². The van der Waals surface area contributed by atoms with Gasteiger partial charge in [-0.3, -0.25) is 0 Å². The zero-order valence-corrected chi connectivity index (χ0v) is 9.37. The molecule has 1 heterocycles. The third-order valence-corrected chi connectivity index (χ3v) is 2.58. The standard InChI is InChI=1S/C12H13N3O2/c1-15-7-14-10-6-8(2-4-11(10)15)9(13)3-5-12(16)17/h2-7,9H,13H2,1H3,(H,16,17)/b5-3+. The smallest absolute Gasteiger partial charge is 0.328 e. The van der Waals surface area contributed by atoms with Gasteiger partial charge in [0.15, 0.2) is 0 Å². The molecule has 5 heteroatoms. The summed E-state index contributed by atoms with van der Waals surface area (Å²) in [6, 6.07) is 5.23. The van der Waals surface area contributed by atoms with Crippen LogP contribution in [0.25, 0.3) is 11.0 Å². The quantitative estimate of drug-likeness (QED) is 0.778. The summed E-state index contributed by atoms with van der Waals surface area (Å²) in [7, 11) is 1.92. The highest BCUT2D eigenvalue weighted by Crippen LogP contribution is 2.18. The van der Waals surface area contributed by atoms with Crippen LogP contribution >= 0.6 is 0 Å². The summed E-state index contributed by atoms with van der Waals surface area (Å²) in [5.41, 5.74) is 8.57.